The molecule has 13 heteroatoms. The number of thiazole rings is 1. The van der Waals surface area contributed by atoms with Gasteiger partial charge in [-0.25, -0.2) is 0 Å². The molecule has 1 saturated heterocycles. The van der Waals surface area contributed by atoms with E-state index in [4.69, 9.17) is 9.05 Å². The SMILES string of the molecule is COC(=O)CCNC(=O)[C@@H]1O[PH](O)(N[C@@H](Cc2cncs2)C(=O)O)OCC1(C)C. The fraction of sp³-hybridized carbons (Fsp3) is 0.625. The molecule has 29 heavy (non-hydrogen) atoms. The Hall–Kier alpha value is -1.69. The Labute approximate surface area is 172 Å². The van der Waals surface area contributed by atoms with Crippen molar-refractivity contribution >= 4 is 37.3 Å². The number of aliphatic carboxylic acids is 1. The van der Waals surface area contributed by atoms with Gasteiger partial charge >= 0.3 is 172 Å². The maximum atomic E-state index is 12.6. The van der Waals surface area contributed by atoms with Crippen LogP contribution in [0, 0.1) is 5.41 Å². The van der Waals surface area contributed by atoms with E-state index >= 15 is 0 Å². The summed E-state index contributed by atoms with van der Waals surface area (Å²) in [4.78, 5) is 50.7. The fourth-order valence-corrected chi connectivity index (χ4v) is 5.48. The van der Waals surface area contributed by atoms with Gasteiger partial charge in [0.1, 0.15) is 0 Å². The van der Waals surface area contributed by atoms with Crippen LogP contribution in [0.15, 0.2) is 11.7 Å². The van der Waals surface area contributed by atoms with Gasteiger partial charge in [0, 0.05) is 0 Å². The first-order chi connectivity index (χ1) is 13.6. The van der Waals surface area contributed by atoms with Gasteiger partial charge in [-0.2, -0.15) is 0 Å². The Morgan fingerprint density at radius 2 is 2.21 bits per heavy atom. The van der Waals surface area contributed by atoms with Gasteiger partial charge in [-0.3, -0.25) is 0 Å². The molecule has 0 aliphatic carbocycles. The van der Waals surface area contributed by atoms with Crippen molar-refractivity contribution in [1.29, 1.82) is 0 Å². The molecule has 0 radical (unpaired) electrons. The van der Waals surface area contributed by atoms with Crippen molar-refractivity contribution in [2.24, 2.45) is 5.41 Å². The van der Waals surface area contributed by atoms with E-state index in [-0.39, 0.29) is 26.0 Å². The summed E-state index contributed by atoms with van der Waals surface area (Å²) in [6, 6.07) is -1.18. The predicted molar refractivity (Wildman–Crippen MR) is 105 cm³/mol. The number of nitrogens with zero attached hydrogens (tertiary/aromatic N) is 1. The summed E-state index contributed by atoms with van der Waals surface area (Å²) >= 11 is 1.28. The number of esters is 1. The van der Waals surface area contributed by atoms with Gasteiger partial charge in [0.25, 0.3) is 0 Å². The fourth-order valence-electron chi connectivity index (χ4n) is 2.64. The molecule has 1 fully saturated rings. The molecule has 1 aliphatic heterocycles. The molecule has 164 valence electrons. The van der Waals surface area contributed by atoms with Crippen LogP contribution in [0.3, 0.4) is 0 Å². The Morgan fingerprint density at radius 1 is 1.48 bits per heavy atom. The van der Waals surface area contributed by atoms with Gasteiger partial charge in [-0.05, 0) is 0 Å². The molecule has 0 aromatic carbocycles. The first kappa shape index (κ1) is 23.6. The molecule has 2 heterocycles. The third-order valence-electron chi connectivity index (χ3n) is 4.26. The van der Waals surface area contributed by atoms with E-state index < -0.39 is 43.5 Å². The number of carboxylic acids is 1. The van der Waals surface area contributed by atoms with Crippen molar-refractivity contribution in [3.05, 3.63) is 16.6 Å². The molecule has 1 aromatic rings. The zero-order valence-corrected chi connectivity index (χ0v) is 18.2. The molecule has 0 bridgehead atoms. The van der Waals surface area contributed by atoms with Gasteiger partial charge in [-0.1, -0.05) is 0 Å². The zero-order valence-electron chi connectivity index (χ0n) is 16.3. The van der Waals surface area contributed by atoms with Crippen molar-refractivity contribution < 1.29 is 38.2 Å². The maximum absolute atomic E-state index is 12.6. The Balaban J connectivity index is 2.05. The molecule has 0 spiro atoms. The number of nitrogens with one attached hydrogen (secondary N) is 2. The number of aromatic nitrogens is 1. The topological polar surface area (TPSA) is 156 Å². The van der Waals surface area contributed by atoms with Crippen LogP contribution in [0.4, 0.5) is 0 Å². The Morgan fingerprint density at radius 3 is 2.79 bits per heavy atom. The average Bonchev–Trinajstić information content (AvgIpc) is 3.16. The van der Waals surface area contributed by atoms with E-state index in [9.17, 15) is 24.4 Å². The summed E-state index contributed by atoms with van der Waals surface area (Å²) in [6.45, 7) is 3.46. The van der Waals surface area contributed by atoms with Crippen LogP contribution in [-0.2, 0) is 34.6 Å². The molecular formula is C16H26N3O8PS. The molecule has 1 amide bonds. The van der Waals surface area contributed by atoms with E-state index in [1.165, 1.54) is 24.6 Å². The molecule has 2 rings (SSSR count). The summed E-state index contributed by atoms with van der Waals surface area (Å²) in [5.41, 5.74) is 0.790. The van der Waals surface area contributed by atoms with Gasteiger partial charge in [0.15, 0.2) is 0 Å². The van der Waals surface area contributed by atoms with Crippen LogP contribution in [-0.4, -0.2) is 65.2 Å². The number of amides is 1. The van der Waals surface area contributed by atoms with Crippen LogP contribution < -0.4 is 10.4 Å². The number of carboxylic acid groups (broad SMARTS) is 1. The summed E-state index contributed by atoms with van der Waals surface area (Å²) in [5.74, 6) is -2.21. The van der Waals surface area contributed by atoms with Crippen molar-refractivity contribution in [2.45, 2.75) is 38.8 Å². The minimum atomic E-state index is -4.18. The Kier molecular flexibility index (Phi) is 8.03. The minimum absolute atomic E-state index is 0.0121. The number of hydrogen-bond acceptors (Lipinski definition) is 10. The van der Waals surface area contributed by atoms with Crippen molar-refractivity contribution in [3.63, 3.8) is 0 Å². The molecule has 4 N–H and O–H groups in total. The standard InChI is InChI=1S/C16H26N3O8PS/c1-16(2)8-26-28(24,19-11(15(22)23)6-10-7-17-9-29-10)27-13(16)14(21)18-5-4-12(20)25-3/h7,9,11,13,19,24,28H,4-6,8H2,1-3H3,(H,18,21)(H,22,23)/t11-,13-/m0/s1. The van der Waals surface area contributed by atoms with Gasteiger partial charge < -0.3 is 0 Å². The summed E-state index contributed by atoms with van der Waals surface area (Å²) in [7, 11) is -2.93. The van der Waals surface area contributed by atoms with Gasteiger partial charge in [-0.15, -0.1) is 0 Å². The number of carbonyl (C=O) groups is 3. The number of carbonyl (C=O) groups excluding carboxylic acids is 2. The number of ether oxygens (including phenoxy) is 1. The third kappa shape index (κ3) is 6.66. The normalized spacial score (nSPS) is 22.3. The van der Waals surface area contributed by atoms with Crippen molar-refractivity contribution in [1.82, 2.24) is 15.4 Å². The van der Waals surface area contributed by atoms with Crippen LogP contribution in [0.1, 0.15) is 25.1 Å². The average molecular weight is 451 g/mol. The van der Waals surface area contributed by atoms with E-state index in [2.05, 4.69) is 20.1 Å². The summed E-state index contributed by atoms with van der Waals surface area (Å²) < 4.78 is 15.6. The van der Waals surface area contributed by atoms with Gasteiger partial charge in [0.05, 0.1) is 0 Å². The number of methoxy groups -OCH3 is 1. The molecule has 0 saturated carbocycles. The second-order valence-electron chi connectivity index (χ2n) is 7.18. The molecule has 0 unspecified atom stereocenters. The Bertz CT molecular complexity index is 732. The third-order valence-corrected chi connectivity index (χ3v) is 6.87. The van der Waals surface area contributed by atoms with Gasteiger partial charge in [0.2, 0.25) is 0 Å². The van der Waals surface area contributed by atoms with Crippen molar-refractivity contribution in [3.8, 4) is 0 Å². The van der Waals surface area contributed by atoms with E-state index in [1.54, 1.807) is 19.4 Å². The first-order valence-corrected chi connectivity index (χ1v) is 11.5. The summed E-state index contributed by atoms with van der Waals surface area (Å²) in [5, 5.41) is 14.6. The molecule has 1 aromatic heterocycles. The molecule has 1 aliphatic rings. The zero-order chi connectivity index (χ0) is 21.7. The second-order valence-corrected chi connectivity index (χ2v) is 10.1. The van der Waals surface area contributed by atoms with Crippen molar-refractivity contribution in [2.75, 3.05) is 20.3 Å². The van der Waals surface area contributed by atoms with E-state index in [0.717, 1.165) is 0 Å². The predicted octanol–water partition coefficient (Wildman–Crippen LogP) is 0.252. The van der Waals surface area contributed by atoms with E-state index in [1.807, 2.05) is 0 Å². The molecule has 11 nitrogen and oxygen atoms in total. The van der Waals surface area contributed by atoms with Crippen LogP contribution in [0.2, 0.25) is 0 Å². The summed E-state index contributed by atoms with van der Waals surface area (Å²) in [6.07, 6.45) is 0.497. The number of rotatable bonds is 9. The number of hydrogen-bond donors (Lipinski definition) is 4. The van der Waals surface area contributed by atoms with Crippen LogP contribution in [0.5, 0.6) is 0 Å². The second kappa shape index (κ2) is 9.88. The monoisotopic (exact) mass is 451 g/mol. The van der Waals surface area contributed by atoms with Crippen LogP contribution >= 0.6 is 19.4 Å². The van der Waals surface area contributed by atoms with E-state index in [0.29, 0.717) is 4.88 Å². The molecular weight excluding hydrogens is 425 g/mol. The quantitative estimate of drug-likeness (QED) is 0.303. The molecule has 2 atom stereocenters. The first-order valence-electron chi connectivity index (χ1n) is 8.83. The van der Waals surface area contributed by atoms with Crippen LogP contribution in [0.25, 0.3) is 0 Å².